The van der Waals surface area contributed by atoms with Crippen LogP contribution in [0.3, 0.4) is 0 Å². The molecule has 0 radical (unpaired) electrons. The van der Waals surface area contributed by atoms with Crippen molar-refractivity contribution < 1.29 is 14.3 Å². The van der Waals surface area contributed by atoms with Crippen LogP contribution in [0.2, 0.25) is 0 Å². The molecule has 4 nitrogen and oxygen atoms in total. The second-order valence-electron chi connectivity index (χ2n) is 4.11. The largest absolute Gasteiger partial charge is 0.480 e. The van der Waals surface area contributed by atoms with Gasteiger partial charge in [0, 0.05) is 18.8 Å². The second kappa shape index (κ2) is 3.75. The zero-order valence-electron chi connectivity index (χ0n) is 8.69. The molecule has 0 aromatic heterocycles. The molecule has 1 fully saturated rings. The van der Waals surface area contributed by atoms with Crippen molar-refractivity contribution in [1.82, 2.24) is 0 Å². The van der Waals surface area contributed by atoms with E-state index in [9.17, 15) is 9.18 Å². The number of carbonyl (C=O) groups is 1. The van der Waals surface area contributed by atoms with Crippen molar-refractivity contribution in [2.45, 2.75) is 12.0 Å². The van der Waals surface area contributed by atoms with E-state index in [4.69, 9.17) is 10.8 Å². The molecule has 0 bridgehead atoms. The molecule has 0 saturated carbocycles. The summed E-state index contributed by atoms with van der Waals surface area (Å²) >= 11 is 0. The fourth-order valence-corrected chi connectivity index (χ4v) is 1.90. The summed E-state index contributed by atoms with van der Waals surface area (Å²) < 4.78 is 13.0. The maximum absolute atomic E-state index is 13.0. The molecule has 0 aliphatic carbocycles. The predicted molar refractivity (Wildman–Crippen MR) is 57.8 cm³/mol. The number of benzene rings is 1. The Balaban J connectivity index is 2.18. The number of halogens is 1. The first-order valence-electron chi connectivity index (χ1n) is 5.04. The Bertz CT molecular complexity index is 424. The summed E-state index contributed by atoms with van der Waals surface area (Å²) in [5.41, 5.74) is 5.19. The minimum atomic E-state index is -1.22. The minimum Gasteiger partial charge on any atom is -0.480 e. The Morgan fingerprint density at radius 1 is 1.56 bits per heavy atom. The lowest BCUT2D eigenvalue weighted by Gasteiger charge is -2.21. The van der Waals surface area contributed by atoms with Gasteiger partial charge in [-0.25, -0.2) is 4.39 Å². The van der Waals surface area contributed by atoms with Crippen molar-refractivity contribution in [3.8, 4) is 0 Å². The number of hydrogen-bond donors (Lipinski definition) is 2. The third-order valence-electron chi connectivity index (χ3n) is 2.90. The Labute approximate surface area is 92.5 Å². The van der Waals surface area contributed by atoms with Crippen LogP contribution in [0.5, 0.6) is 0 Å². The van der Waals surface area contributed by atoms with Crippen LogP contribution in [0.1, 0.15) is 6.42 Å². The molecule has 1 atom stereocenters. The third-order valence-corrected chi connectivity index (χ3v) is 2.90. The summed E-state index contributed by atoms with van der Waals surface area (Å²) in [5, 5.41) is 8.97. The molecule has 1 unspecified atom stereocenters. The summed E-state index contributed by atoms with van der Waals surface area (Å²) in [6.07, 6.45) is 0.374. The van der Waals surface area contributed by atoms with Crippen LogP contribution in [0, 0.1) is 5.82 Å². The highest BCUT2D eigenvalue weighted by molar-refractivity contribution is 5.80. The van der Waals surface area contributed by atoms with Gasteiger partial charge in [0.05, 0.1) is 0 Å². The van der Waals surface area contributed by atoms with Crippen molar-refractivity contribution in [2.75, 3.05) is 18.0 Å². The topological polar surface area (TPSA) is 66.6 Å². The number of rotatable bonds is 2. The predicted octanol–water partition coefficient (Wildman–Crippen LogP) is 0.818. The van der Waals surface area contributed by atoms with E-state index in [1.165, 1.54) is 12.1 Å². The second-order valence-corrected chi connectivity index (χ2v) is 4.11. The maximum atomic E-state index is 13.0. The molecule has 1 heterocycles. The van der Waals surface area contributed by atoms with Gasteiger partial charge in [-0.15, -0.1) is 0 Å². The molecular weight excluding hydrogens is 211 g/mol. The van der Waals surface area contributed by atoms with Crippen LogP contribution in [-0.2, 0) is 4.79 Å². The molecule has 16 heavy (non-hydrogen) atoms. The number of nitrogens with two attached hydrogens (primary N) is 1. The summed E-state index contributed by atoms with van der Waals surface area (Å²) in [4.78, 5) is 12.7. The first-order chi connectivity index (χ1) is 7.51. The number of nitrogens with zero attached hydrogens (tertiary/aromatic N) is 1. The van der Waals surface area contributed by atoms with E-state index in [0.717, 1.165) is 0 Å². The van der Waals surface area contributed by atoms with E-state index < -0.39 is 11.5 Å². The number of anilines is 1. The van der Waals surface area contributed by atoms with Gasteiger partial charge in [-0.05, 0) is 24.6 Å². The molecular formula is C11H13FN2O2. The molecule has 1 aliphatic rings. The molecule has 1 aromatic carbocycles. The van der Waals surface area contributed by atoms with E-state index in [1.54, 1.807) is 17.0 Å². The molecule has 1 aromatic rings. The normalized spacial score (nSPS) is 24.8. The molecule has 3 N–H and O–H groups in total. The van der Waals surface area contributed by atoms with Gasteiger partial charge in [-0.2, -0.15) is 0 Å². The minimum absolute atomic E-state index is 0.214. The number of carboxylic acid groups (broad SMARTS) is 1. The van der Waals surface area contributed by atoms with E-state index in [0.29, 0.717) is 18.7 Å². The monoisotopic (exact) mass is 224 g/mol. The standard InChI is InChI=1S/C11H13FN2O2/c12-8-2-1-3-9(6-8)14-5-4-11(13,7-14)10(15)16/h1-3,6H,4-5,7,13H2,(H,15,16). The highest BCUT2D eigenvalue weighted by atomic mass is 19.1. The number of aliphatic carboxylic acids is 1. The van der Waals surface area contributed by atoms with Crippen LogP contribution in [-0.4, -0.2) is 29.7 Å². The Morgan fingerprint density at radius 3 is 2.88 bits per heavy atom. The van der Waals surface area contributed by atoms with E-state index in [-0.39, 0.29) is 12.4 Å². The molecule has 0 amide bonds. The highest BCUT2D eigenvalue weighted by Crippen LogP contribution is 2.25. The van der Waals surface area contributed by atoms with Gasteiger partial charge in [0.1, 0.15) is 11.4 Å². The summed E-state index contributed by atoms with van der Waals surface area (Å²) in [7, 11) is 0. The summed E-state index contributed by atoms with van der Waals surface area (Å²) in [5.74, 6) is -1.34. The molecule has 2 rings (SSSR count). The number of carboxylic acids is 1. The lowest BCUT2D eigenvalue weighted by Crippen LogP contribution is -2.50. The molecule has 5 heteroatoms. The van der Waals surface area contributed by atoms with Gasteiger partial charge < -0.3 is 15.7 Å². The van der Waals surface area contributed by atoms with Gasteiger partial charge in [-0.3, -0.25) is 4.79 Å². The quantitative estimate of drug-likeness (QED) is 0.780. The van der Waals surface area contributed by atoms with Crippen LogP contribution in [0.15, 0.2) is 24.3 Å². The van der Waals surface area contributed by atoms with Crippen molar-refractivity contribution in [3.05, 3.63) is 30.1 Å². The smallest absolute Gasteiger partial charge is 0.325 e. The fourth-order valence-electron chi connectivity index (χ4n) is 1.90. The van der Waals surface area contributed by atoms with Gasteiger partial charge in [-0.1, -0.05) is 6.07 Å². The van der Waals surface area contributed by atoms with Gasteiger partial charge in [0.15, 0.2) is 0 Å². The Hall–Kier alpha value is -1.62. The zero-order valence-corrected chi connectivity index (χ0v) is 8.69. The highest BCUT2D eigenvalue weighted by Gasteiger charge is 2.41. The number of hydrogen-bond acceptors (Lipinski definition) is 3. The Kier molecular flexibility index (Phi) is 2.55. The van der Waals surface area contributed by atoms with Crippen LogP contribution in [0.4, 0.5) is 10.1 Å². The SMILES string of the molecule is NC1(C(=O)O)CCN(c2cccc(F)c2)C1. The first kappa shape index (κ1) is 10.9. The van der Waals surface area contributed by atoms with Gasteiger partial charge in [0.25, 0.3) is 0 Å². The maximum Gasteiger partial charge on any atom is 0.325 e. The van der Waals surface area contributed by atoms with E-state index in [2.05, 4.69) is 0 Å². The van der Waals surface area contributed by atoms with Crippen molar-refractivity contribution >= 4 is 11.7 Å². The van der Waals surface area contributed by atoms with E-state index in [1.807, 2.05) is 0 Å². The first-order valence-corrected chi connectivity index (χ1v) is 5.04. The van der Waals surface area contributed by atoms with Crippen molar-refractivity contribution in [1.29, 1.82) is 0 Å². The fraction of sp³-hybridized carbons (Fsp3) is 0.364. The molecule has 0 spiro atoms. The zero-order chi connectivity index (χ0) is 11.8. The average Bonchev–Trinajstić information content (AvgIpc) is 2.62. The summed E-state index contributed by atoms with van der Waals surface area (Å²) in [6, 6.07) is 6.08. The third kappa shape index (κ3) is 1.86. The Morgan fingerprint density at radius 2 is 2.31 bits per heavy atom. The summed E-state index contributed by atoms with van der Waals surface area (Å²) in [6.45, 7) is 0.748. The van der Waals surface area contributed by atoms with Crippen LogP contribution >= 0.6 is 0 Å². The van der Waals surface area contributed by atoms with Crippen LogP contribution < -0.4 is 10.6 Å². The molecule has 86 valence electrons. The van der Waals surface area contributed by atoms with E-state index >= 15 is 0 Å². The lowest BCUT2D eigenvalue weighted by molar-refractivity contribution is -0.142. The van der Waals surface area contributed by atoms with Gasteiger partial charge >= 0.3 is 5.97 Å². The lowest BCUT2D eigenvalue weighted by atomic mass is 10.0. The van der Waals surface area contributed by atoms with Crippen molar-refractivity contribution in [2.24, 2.45) is 5.73 Å². The van der Waals surface area contributed by atoms with Crippen LogP contribution in [0.25, 0.3) is 0 Å². The van der Waals surface area contributed by atoms with Crippen molar-refractivity contribution in [3.63, 3.8) is 0 Å². The van der Waals surface area contributed by atoms with Gasteiger partial charge in [0.2, 0.25) is 0 Å². The average molecular weight is 224 g/mol. The molecule has 1 saturated heterocycles. The molecule has 1 aliphatic heterocycles.